The lowest BCUT2D eigenvalue weighted by Gasteiger charge is -2.25. The van der Waals surface area contributed by atoms with Gasteiger partial charge in [-0.2, -0.15) is 9.78 Å². The first-order valence-electron chi connectivity index (χ1n) is 13.4. The Morgan fingerprint density at radius 2 is 1.83 bits per heavy atom. The molecule has 0 bridgehead atoms. The molecule has 2 aromatic heterocycles. The van der Waals surface area contributed by atoms with Gasteiger partial charge in [-0.3, -0.25) is 9.69 Å². The van der Waals surface area contributed by atoms with E-state index in [-0.39, 0.29) is 17.3 Å². The molecule has 42 heavy (non-hydrogen) atoms. The number of anilines is 1. The van der Waals surface area contributed by atoms with Crippen molar-refractivity contribution in [3.05, 3.63) is 89.2 Å². The molecule has 3 aromatic carbocycles. The number of hydrogen-bond acceptors (Lipinski definition) is 11. The fourth-order valence-electron chi connectivity index (χ4n) is 4.73. The summed E-state index contributed by atoms with van der Waals surface area (Å²) in [6, 6.07) is 22.0. The van der Waals surface area contributed by atoms with E-state index in [1.54, 1.807) is 6.92 Å². The molecule has 0 atom stereocenters. The highest BCUT2D eigenvalue weighted by atomic mass is 16.6. The summed E-state index contributed by atoms with van der Waals surface area (Å²) in [4.78, 5) is 15.5. The van der Waals surface area contributed by atoms with Gasteiger partial charge in [-0.15, -0.1) is 5.10 Å². The van der Waals surface area contributed by atoms with Crippen molar-refractivity contribution < 1.29 is 18.9 Å². The van der Waals surface area contributed by atoms with E-state index in [1.165, 1.54) is 15.5 Å². The normalized spacial score (nSPS) is 14.3. The average molecular weight is 568 g/mol. The third-order valence-corrected chi connectivity index (χ3v) is 7.00. The first-order chi connectivity index (χ1) is 20.6. The van der Waals surface area contributed by atoms with Crippen LogP contribution in [-0.2, 0) is 17.9 Å². The van der Waals surface area contributed by atoms with E-state index in [9.17, 15) is 4.79 Å². The summed E-state index contributed by atoms with van der Waals surface area (Å²) in [6.07, 6.45) is 0. The number of hydrazone groups is 1. The number of carbonyl (C=O) groups excluding carboxylic acids is 1. The molecule has 1 aliphatic rings. The molecule has 214 valence electrons. The Morgan fingerprint density at radius 3 is 2.62 bits per heavy atom. The third-order valence-electron chi connectivity index (χ3n) is 7.00. The van der Waals surface area contributed by atoms with Crippen molar-refractivity contribution in [2.75, 3.05) is 32.0 Å². The van der Waals surface area contributed by atoms with Gasteiger partial charge in [0.25, 0.3) is 5.91 Å². The summed E-state index contributed by atoms with van der Waals surface area (Å²) >= 11 is 0. The average Bonchev–Trinajstić information content (AvgIpc) is 3.64. The first kappa shape index (κ1) is 27.1. The van der Waals surface area contributed by atoms with Gasteiger partial charge in [0, 0.05) is 19.6 Å². The van der Waals surface area contributed by atoms with Crippen molar-refractivity contribution in [1.29, 1.82) is 0 Å². The van der Waals surface area contributed by atoms with Crippen LogP contribution in [-0.4, -0.2) is 68.1 Å². The number of amides is 1. The van der Waals surface area contributed by atoms with Crippen LogP contribution < -0.4 is 15.9 Å². The zero-order valence-corrected chi connectivity index (χ0v) is 22.9. The molecule has 5 aromatic rings. The number of nitrogens with zero attached hydrogens (tertiary/aromatic N) is 7. The number of nitrogens with one attached hydrogen (secondary N) is 1. The van der Waals surface area contributed by atoms with Crippen molar-refractivity contribution in [3.8, 4) is 11.6 Å². The fraction of sp³-hybridized carbons (Fsp3) is 0.241. The molecule has 1 fully saturated rings. The van der Waals surface area contributed by atoms with Gasteiger partial charge >= 0.3 is 0 Å². The molecule has 3 N–H and O–H groups in total. The van der Waals surface area contributed by atoms with Gasteiger partial charge in [0.05, 0.1) is 18.9 Å². The van der Waals surface area contributed by atoms with Crippen LogP contribution in [0.4, 0.5) is 5.82 Å². The lowest BCUT2D eigenvalue weighted by atomic mass is 10.1. The van der Waals surface area contributed by atoms with Gasteiger partial charge in [-0.25, -0.2) is 10.1 Å². The fourth-order valence-corrected chi connectivity index (χ4v) is 4.73. The van der Waals surface area contributed by atoms with E-state index >= 15 is 0 Å². The van der Waals surface area contributed by atoms with Gasteiger partial charge in [-0.1, -0.05) is 47.7 Å². The van der Waals surface area contributed by atoms with Crippen LogP contribution in [0, 0.1) is 0 Å². The number of carbonyl (C=O) groups is 1. The monoisotopic (exact) mass is 567 g/mol. The second-order valence-corrected chi connectivity index (χ2v) is 9.75. The van der Waals surface area contributed by atoms with Crippen LogP contribution in [0.2, 0.25) is 0 Å². The molecule has 13 nitrogen and oxygen atoms in total. The predicted octanol–water partition coefficient (Wildman–Crippen LogP) is 2.95. The van der Waals surface area contributed by atoms with Crippen LogP contribution in [0.1, 0.15) is 34.2 Å². The lowest BCUT2D eigenvalue weighted by molar-refractivity contribution is 0.0335. The molecule has 0 unspecified atom stereocenters. The van der Waals surface area contributed by atoms with E-state index in [2.05, 4.69) is 60.3 Å². The Kier molecular flexibility index (Phi) is 7.83. The highest BCUT2D eigenvalue weighted by molar-refractivity contribution is 6.01. The van der Waals surface area contributed by atoms with E-state index in [1.807, 2.05) is 42.5 Å². The lowest BCUT2D eigenvalue weighted by Crippen LogP contribution is -2.36. The topological polar surface area (TPSA) is 159 Å². The maximum Gasteiger partial charge on any atom is 0.292 e. The molecule has 0 spiro atoms. The summed E-state index contributed by atoms with van der Waals surface area (Å²) in [6.45, 7) is 5.26. The molecule has 1 amide bonds. The second-order valence-electron chi connectivity index (χ2n) is 9.75. The molecule has 3 heterocycles. The van der Waals surface area contributed by atoms with Gasteiger partial charge in [0.1, 0.15) is 18.1 Å². The Hall–Kier alpha value is -5.14. The molecule has 1 aliphatic heterocycles. The van der Waals surface area contributed by atoms with E-state index in [0.717, 1.165) is 16.9 Å². The SMILES string of the molecule is C/C(=N\NC(=O)c1c(CN2CCOCC2)nnn1-c1nonc1N)c1ccc(OCc2cccc3ccccc23)cc1. The van der Waals surface area contributed by atoms with E-state index < -0.39 is 5.91 Å². The van der Waals surface area contributed by atoms with Crippen LogP contribution in [0.3, 0.4) is 0 Å². The Bertz CT molecular complexity index is 1720. The highest BCUT2D eigenvalue weighted by Crippen LogP contribution is 2.22. The molecule has 0 aliphatic carbocycles. The van der Waals surface area contributed by atoms with Crippen LogP contribution in [0.5, 0.6) is 5.75 Å². The number of fused-ring (bicyclic) bond motifs is 1. The van der Waals surface area contributed by atoms with Gasteiger partial charge < -0.3 is 15.2 Å². The molecule has 0 saturated carbocycles. The Balaban J connectivity index is 1.15. The van der Waals surface area contributed by atoms with E-state index in [0.29, 0.717) is 50.9 Å². The number of hydrogen-bond donors (Lipinski definition) is 2. The number of morpholine rings is 1. The number of rotatable bonds is 9. The molecular weight excluding hydrogens is 538 g/mol. The van der Waals surface area contributed by atoms with Crippen LogP contribution in [0.15, 0.2) is 76.5 Å². The van der Waals surface area contributed by atoms with Crippen molar-refractivity contribution in [3.63, 3.8) is 0 Å². The predicted molar refractivity (Wildman–Crippen MR) is 154 cm³/mol. The zero-order chi connectivity index (χ0) is 28.9. The maximum atomic E-state index is 13.4. The van der Waals surface area contributed by atoms with Gasteiger partial charge in [0.15, 0.2) is 5.69 Å². The molecule has 1 saturated heterocycles. The van der Waals surface area contributed by atoms with Crippen molar-refractivity contribution in [2.24, 2.45) is 5.10 Å². The minimum absolute atomic E-state index is 0.0192. The smallest absolute Gasteiger partial charge is 0.292 e. The summed E-state index contributed by atoms with van der Waals surface area (Å²) in [7, 11) is 0. The molecular formula is C29H29N9O4. The second kappa shape index (κ2) is 12.2. The number of benzene rings is 3. The first-order valence-corrected chi connectivity index (χ1v) is 13.4. The number of nitrogen functional groups attached to an aromatic ring is 1. The highest BCUT2D eigenvalue weighted by Gasteiger charge is 2.26. The van der Waals surface area contributed by atoms with Gasteiger partial charge in [-0.05, 0) is 63.4 Å². The quantitative estimate of drug-likeness (QED) is 0.200. The van der Waals surface area contributed by atoms with Gasteiger partial charge in [0.2, 0.25) is 11.6 Å². The summed E-state index contributed by atoms with van der Waals surface area (Å²) < 4.78 is 17.4. The Labute approximate surface area is 240 Å². The number of ether oxygens (including phenoxy) is 2. The van der Waals surface area contributed by atoms with Crippen LogP contribution in [0.25, 0.3) is 16.6 Å². The molecule has 0 radical (unpaired) electrons. The Morgan fingerprint density at radius 1 is 1.05 bits per heavy atom. The summed E-state index contributed by atoms with van der Waals surface area (Å²) in [5.74, 6) is 0.250. The summed E-state index contributed by atoms with van der Waals surface area (Å²) in [5.41, 5.74) is 11.6. The molecule has 6 rings (SSSR count). The largest absolute Gasteiger partial charge is 0.489 e. The maximum absolute atomic E-state index is 13.4. The standard InChI is InChI=1S/C29H29N9O4/c1-19(20-9-11-23(12-10-20)41-18-22-7-4-6-21-5-2-3-8-24(21)22)31-33-29(39)26-25(17-37-13-15-40-16-14-37)32-36-38(26)28-27(30)34-42-35-28/h2-12H,13-18H2,1H3,(H2,30,34)(H,33,39)/b31-19+. The summed E-state index contributed by atoms with van der Waals surface area (Å²) in [5, 5.41) is 22.4. The van der Waals surface area contributed by atoms with Crippen LogP contribution >= 0.6 is 0 Å². The van der Waals surface area contributed by atoms with Crippen molar-refractivity contribution in [1.82, 2.24) is 35.6 Å². The van der Waals surface area contributed by atoms with Crippen molar-refractivity contribution >= 4 is 28.2 Å². The molecule has 13 heteroatoms. The zero-order valence-electron chi connectivity index (χ0n) is 22.9. The van der Waals surface area contributed by atoms with E-state index in [4.69, 9.17) is 19.8 Å². The minimum Gasteiger partial charge on any atom is -0.489 e. The number of nitrogens with two attached hydrogens (primary N) is 1. The third kappa shape index (κ3) is 5.82. The minimum atomic E-state index is -0.528. The van der Waals surface area contributed by atoms with Crippen molar-refractivity contribution in [2.45, 2.75) is 20.1 Å². The number of aromatic nitrogens is 5.